The van der Waals surface area contributed by atoms with Crippen molar-refractivity contribution < 1.29 is 13.2 Å². The minimum Gasteiger partial charge on any atom is -0.289 e. The fraction of sp³-hybridized carbons (Fsp3) is 0. The highest BCUT2D eigenvalue weighted by Crippen LogP contribution is 2.21. The zero-order chi connectivity index (χ0) is 17.0. The molecule has 1 aromatic heterocycles. The number of carbonyl (C=O) groups is 1. The summed E-state index contributed by atoms with van der Waals surface area (Å²) in [5, 5.41) is 0. The van der Waals surface area contributed by atoms with Crippen LogP contribution in [0.2, 0.25) is 0 Å². The summed E-state index contributed by atoms with van der Waals surface area (Å²) in [6.07, 6.45) is 1.48. The fourth-order valence-electron chi connectivity index (χ4n) is 2.25. The molecule has 0 aliphatic carbocycles. The van der Waals surface area contributed by atoms with Gasteiger partial charge >= 0.3 is 0 Å². The molecular formula is C18H14N2O3S. The zero-order valence-electron chi connectivity index (χ0n) is 12.6. The predicted molar refractivity (Wildman–Crippen MR) is 91.4 cm³/mol. The Labute approximate surface area is 140 Å². The van der Waals surface area contributed by atoms with E-state index in [-0.39, 0.29) is 22.1 Å². The second kappa shape index (κ2) is 6.64. The van der Waals surface area contributed by atoms with E-state index >= 15 is 0 Å². The standard InChI is InChI=1S/C18H14N2O3S/c21-18(14-8-2-1-3-9-14)15-10-4-5-11-16(15)24(22,23)20-17-12-6-7-13-19-17/h1-13H,(H,19,20). The largest absolute Gasteiger partial charge is 0.289 e. The molecule has 0 spiro atoms. The van der Waals surface area contributed by atoms with E-state index in [4.69, 9.17) is 0 Å². The summed E-state index contributed by atoms with van der Waals surface area (Å²) >= 11 is 0. The summed E-state index contributed by atoms with van der Waals surface area (Å²) in [7, 11) is -3.93. The highest BCUT2D eigenvalue weighted by atomic mass is 32.2. The van der Waals surface area contributed by atoms with Gasteiger partial charge < -0.3 is 0 Å². The third kappa shape index (κ3) is 3.33. The van der Waals surface area contributed by atoms with E-state index in [1.54, 1.807) is 60.7 Å². The Morgan fingerprint density at radius 3 is 2.21 bits per heavy atom. The van der Waals surface area contributed by atoms with Gasteiger partial charge in [-0.15, -0.1) is 0 Å². The molecule has 0 aliphatic heterocycles. The lowest BCUT2D eigenvalue weighted by atomic mass is 10.0. The van der Waals surface area contributed by atoms with Crippen molar-refractivity contribution >= 4 is 21.6 Å². The summed E-state index contributed by atoms with van der Waals surface area (Å²) in [4.78, 5) is 16.5. The second-order valence-corrected chi connectivity index (χ2v) is 6.66. The van der Waals surface area contributed by atoms with Gasteiger partial charge in [0, 0.05) is 17.3 Å². The number of nitrogens with one attached hydrogen (secondary N) is 1. The van der Waals surface area contributed by atoms with Crippen LogP contribution in [0.1, 0.15) is 15.9 Å². The van der Waals surface area contributed by atoms with Gasteiger partial charge in [-0.1, -0.05) is 48.5 Å². The number of carbonyl (C=O) groups excluding carboxylic acids is 1. The zero-order valence-corrected chi connectivity index (χ0v) is 13.4. The number of ketones is 1. The molecule has 2 aromatic carbocycles. The van der Waals surface area contributed by atoms with Crippen molar-refractivity contribution in [1.29, 1.82) is 0 Å². The number of sulfonamides is 1. The van der Waals surface area contributed by atoms with Crippen molar-refractivity contribution in [3.8, 4) is 0 Å². The molecule has 120 valence electrons. The van der Waals surface area contributed by atoms with Gasteiger partial charge in [0.1, 0.15) is 5.82 Å². The molecule has 1 N–H and O–H groups in total. The second-order valence-electron chi connectivity index (χ2n) is 5.01. The average molecular weight is 338 g/mol. The Balaban J connectivity index is 2.02. The molecule has 0 aliphatic rings. The van der Waals surface area contributed by atoms with Crippen LogP contribution >= 0.6 is 0 Å². The normalized spacial score (nSPS) is 11.0. The van der Waals surface area contributed by atoms with Crippen molar-refractivity contribution in [2.24, 2.45) is 0 Å². The minimum atomic E-state index is -3.93. The molecule has 0 fully saturated rings. The molecular weight excluding hydrogens is 324 g/mol. The maximum atomic E-state index is 12.7. The van der Waals surface area contributed by atoms with Crippen LogP contribution in [-0.4, -0.2) is 19.2 Å². The molecule has 1 heterocycles. The Hall–Kier alpha value is -2.99. The summed E-state index contributed by atoms with van der Waals surface area (Å²) < 4.78 is 27.7. The minimum absolute atomic E-state index is 0.0792. The van der Waals surface area contributed by atoms with Crippen LogP contribution in [0.5, 0.6) is 0 Å². The van der Waals surface area contributed by atoms with Gasteiger partial charge in [0.05, 0.1) is 4.90 Å². The van der Waals surface area contributed by atoms with Gasteiger partial charge in [0.25, 0.3) is 10.0 Å². The van der Waals surface area contributed by atoms with Gasteiger partial charge in [-0.3, -0.25) is 9.52 Å². The van der Waals surface area contributed by atoms with Crippen LogP contribution in [0.3, 0.4) is 0 Å². The van der Waals surface area contributed by atoms with Gasteiger partial charge in [-0.2, -0.15) is 0 Å². The van der Waals surface area contributed by atoms with E-state index in [1.807, 2.05) is 0 Å². The molecule has 0 saturated carbocycles. The van der Waals surface area contributed by atoms with Gasteiger partial charge in [0.2, 0.25) is 0 Å². The molecule has 3 rings (SSSR count). The highest BCUT2D eigenvalue weighted by Gasteiger charge is 2.23. The molecule has 3 aromatic rings. The number of hydrogen-bond donors (Lipinski definition) is 1. The van der Waals surface area contributed by atoms with E-state index in [9.17, 15) is 13.2 Å². The number of aromatic nitrogens is 1. The van der Waals surface area contributed by atoms with Gasteiger partial charge in [-0.05, 0) is 24.3 Å². The SMILES string of the molecule is O=C(c1ccccc1)c1ccccc1S(=O)(=O)Nc1ccccn1. The summed E-state index contributed by atoms with van der Waals surface area (Å²) in [5.74, 6) is -0.156. The number of anilines is 1. The third-order valence-corrected chi connectivity index (χ3v) is 4.77. The smallest absolute Gasteiger partial charge is 0.263 e. The van der Waals surface area contributed by atoms with Crippen LogP contribution in [0.4, 0.5) is 5.82 Å². The van der Waals surface area contributed by atoms with Crippen molar-refractivity contribution in [3.63, 3.8) is 0 Å². The van der Waals surface area contributed by atoms with Crippen LogP contribution in [0, 0.1) is 0 Å². The maximum absolute atomic E-state index is 12.7. The molecule has 0 saturated heterocycles. The first-order chi connectivity index (χ1) is 11.6. The summed E-state index contributed by atoms with van der Waals surface area (Å²) in [6, 6.07) is 19.6. The van der Waals surface area contributed by atoms with E-state index in [0.717, 1.165) is 0 Å². The lowest BCUT2D eigenvalue weighted by Gasteiger charge is -2.11. The number of nitrogens with zero attached hydrogens (tertiary/aromatic N) is 1. The van der Waals surface area contributed by atoms with E-state index < -0.39 is 10.0 Å². The number of rotatable bonds is 5. The van der Waals surface area contributed by atoms with Crippen molar-refractivity contribution in [2.75, 3.05) is 4.72 Å². The molecule has 0 bridgehead atoms. The molecule has 0 radical (unpaired) electrons. The number of pyridine rings is 1. The van der Waals surface area contributed by atoms with Crippen LogP contribution in [0.15, 0.2) is 83.9 Å². The predicted octanol–water partition coefficient (Wildman–Crippen LogP) is 3.11. The van der Waals surface area contributed by atoms with Crippen molar-refractivity contribution in [1.82, 2.24) is 4.98 Å². The van der Waals surface area contributed by atoms with Crippen molar-refractivity contribution in [3.05, 3.63) is 90.1 Å². The first-order valence-electron chi connectivity index (χ1n) is 7.20. The van der Waals surface area contributed by atoms with Crippen LogP contribution in [0.25, 0.3) is 0 Å². The quantitative estimate of drug-likeness (QED) is 0.725. The van der Waals surface area contributed by atoms with Crippen LogP contribution in [-0.2, 0) is 10.0 Å². The first kappa shape index (κ1) is 15.9. The number of benzene rings is 2. The molecule has 0 amide bonds. The Bertz CT molecular complexity index is 956. The average Bonchev–Trinajstić information content (AvgIpc) is 2.62. The topological polar surface area (TPSA) is 76.1 Å². The first-order valence-corrected chi connectivity index (χ1v) is 8.69. The maximum Gasteiger partial charge on any atom is 0.263 e. The molecule has 24 heavy (non-hydrogen) atoms. The summed E-state index contributed by atoms with van der Waals surface area (Å²) in [6.45, 7) is 0. The Morgan fingerprint density at radius 1 is 0.833 bits per heavy atom. The van der Waals surface area contributed by atoms with Gasteiger partial charge in [-0.25, -0.2) is 13.4 Å². The highest BCUT2D eigenvalue weighted by molar-refractivity contribution is 7.92. The van der Waals surface area contributed by atoms with E-state index in [2.05, 4.69) is 9.71 Å². The lowest BCUT2D eigenvalue weighted by Crippen LogP contribution is -2.17. The van der Waals surface area contributed by atoms with E-state index in [0.29, 0.717) is 5.56 Å². The van der Waals surface area contributed by atoms with E-state index in [1.165, 1.54) is 18.3 Å². The van der Waals surface area contributed by atoms with Crippen molar-refractivity contribution in [2.45, 2.75) is 4.90 Å². The van der Waals surface area contributed by atoms with Gasteiger partial charge in [0.15, 0.2) is 5.78 Å². The third-order valence-electron chi connectivity index (χ3n) is 3.36. The fourth-order valence-corrected chi connectivity index (χ4v) is 3.46. The molecule has 0 unspecified atom stereocenters. The lowest BCUT2D eigenvalue weighted by molar-refractivity contribution is 0.103. The summed E-state index contributed by atoms with van der Waals surface area (Å²) in [5.41, 5.74) is 0.546. The Kier molecular flexibility index (Phi) is 4.39. The molecule has 5 nitrogen and oxygen atoms in total. The molecule has 6 heteroatoms. The monoisotopic (exact) mass is 338 g/mol. The Morgan fingerprint density at radius 2 is 1.50 bits per heavy atom. The van der Waals surface area contributed by atoms with Crippen LogP contribution < -0.4 is 4.72 Å². The number of hydrogen-bond acceptors (Lipinski definition) is 4. The molecule has 0 atom stereocenters.